The standard InChI is InChI=1S/C40H45N9O8S.C26H35N7O4S.C14H10N2O5/c1-58(56,57)27-7-4-24(5-8-27)18-30-34(35(41)51)42-19-32(44-30)48-14-2-3-26(21-48)43-39(55)47-15-12-40(13-16-47)22-46(23-40)20-25-6-9-28-29(17-25)38(54)49(37(28)53)31-10-11-33(50)45-36(31)52;1-38(36,37)20-6-4-18(5-7-20)13-21-23(24(27)34)29-14-22(31-21)33-10-2-3-19(15-33)30-25(35)32-11-8-26(9-12-32)16-28-17-26;17-6-7-1-2-8-9(5-7)14(21)16(13(8)20)10-3-4-11(18)15-12(10)19/h4-9,17,19,26,31H,2-3,10-16,18,20-23H2,1H3,(H2,41,51)(H,43,55)(H,45,50,52);4-7,14,19,28H,2-3,8-13,15-17H2,1H3,(H2,27,34)(H,30,35);1-2,5-6,10H,3-4H2,(H,15,18,19). The van der Waals surface area contributed by atoms with Crippen molar-refractivity contribution >= 4 is 109 Å². The van der Waals surface area contributed by atoms with Crippen LogP contribution >= 0.6 is 0 Å². The number of carbonyl (C=O) groups excluding carboxylic acids is 13. The van der Waals surface area contributed by atoms with Crippen LogP contribution in [0.2, 0.25) is 0 Å². The van der Waals surface area contributed by atoms with Gasteiger partial charge < -0.3 is 47.0 Å². The van der Waals surface area contributed by atoms with E-state index in [1.54, 1.807) is 42.6 Å². The average molecular weight is 1640 g/mol. The highest BCUT2D eigenvalue weighted by molar-refractivity contribution is 7.91. The lowest BCUT2D eigenvalue weighted by atomic mass is 9.72. The van der Waals surface area contributed by atoms with Crippen molar-refractivity contribution in [3.63, 3.8) is 0 Å². The van der Waals surface area contributed by atoms with Crippen LogP contribution in [0, 0.1) is 10.8 Å². The van der Waals surface area contributed by atoms with E-state index in [0.717, 1.165) is 136 Å². The van der Waals surface area contributed by atoms with Crippen molar-refractivity contribution in [1.82, 2.24) is 71.0 Å². The van der Waals surface area contributed by atoms with Gasteiger partial charge in [-0.2, -0.15) is 0 Å². The first-order valence-electron chi connectivity index (χ1n) is 38.9. The maximum Gasteiger partial charge on any atom is 0.317 e. The molecule has 0 radical (unpaired) electrons. The van der Waals surface area contributed by atoms with E-state index in [4.69, 9.17) is 21.4 Å². The molecule has 2 spiro atoms. The van der Waals surface area contributed by atoms with Crippen LogP contribution in [0.5, 0.6) is 0 Å². The van der Waals surface area contributed by atoms with Crippen molar-refractivity contribution in [2.45, 2.75) is 130 Å². The number of carbonyl (C=O) groups is 13. The third-order valence-corrected chi connectivity index (χ3v) is 25.8. The van der Waals surface area contributed by atoms with Gasteiger partial charge in [-0.25, -0.2) is 46.4 Å². The highest BCUT2D eigenvalue weighted by Crippen LogP contribution is 2.42. The summed E-state index contributed by atoms with van der Waals surface area (Å²) >= 11 is 0. The zero-order valence-corrected chi connectivity index (χ0v) is 66.2. The van der Waals surface area contributed by atoms with Crippen molar-refractivity contribution in [2.24, 2.45) is 22.3 Å². The number of urea groups is 2. The van der Waals surface area contributed by atoms with Crippen LogP contribution in [-0.4, -0.2) is 254 Å². The van der Waals surface area contributed by atoms with E-state index >= 15 is 0 Å². The summed E-state index contributed by atoms with van der Waals surface area (Å²) < 4.78 is 47.3. The number of nitrogens with two attached hydrogens (primary N) is 2. The number of nitrogens with one attached hydrogen (secondary N) is 5. The molecule has 12 heterocycles. The van der Waals surface area contributed by atoms with Crippen molar-refractivity contribution in [1.29, 1.82) is 0 Å². The number of anilines is 2. The number of hydrogen-bond acceptors (Lipinski definition) is 25. The number of nitrogens with zero attached hydrogens (tertiary/aromatic N) is 11. The second-order valence-electron chi connectivity index (χ2n) is 31.9. The first-order valence-corrected chi connectivity index (χ1v) is 42.7. The van der Waals surface area contributed by atoms with Gasteiger partial charge in [0.15, 0.2) is 19.7 Å². The third-order valence-electron chi connectivity index (χ3n) is 23.6. The Kier molecular flexibility index (Phi) is 23.3. The molecule has 4 aromatic carbocycles. The normalized spacial score (nSPS) is 21.7. The lowest BCUT2D eigenvalue weighted by Gasteiger charge is -2.54. The molecule has 10 aliphatic heterocycles. The van der Waals surface area contributed by atoms with Gasteiger partial charge >= 0.3 is 12.1 Å². The minimum absolute atomic E-state index is 0.00706. The molecule has 37 heteroatoms. The van der Waals surface area contributed by atoms with Crippen LogP contribution in [0.3, 0.4) is 0 Å². The van der Waals surface area contributed by atoms with Crippen LogP contribution in [0.4, 0.5) is 21.2 Å². The van der Waals surface area contributed by atoms with E-state index in [1.807, 2.05) is 20.8 Å². The number of primary amides is 2. The lowest BCUT2D eigenvalue weighted by Crippen LogP contribution is -2.61. The van der Waals surface area contributed by atoms with Gasteiger partial charge in [-0.05, 0) is 140 Å². The molecule has 6 aromatic rings. The number of imide groups is 4. The molecule has 614 valence electrons. The van der Waals surface area contributed by atoms with Gasteiger partial charge in [0.1, 0.15) is 41.4 Å². The summed E-state index contributed by atoms with van der Waals surface area (Å²) in [6, 6.07) is 20.0. The Balaban J connectivity index is 0.000000162. The Morgan fingerprint density at radius 2 is 0.932 bits per heavy atom. The summed E-state index contributed by atoms with van der Waals surface area (Å²) in [7, 11) is -6.66. The summed E-state index contributed by atoms with van der Waals surface area (Å²) in [6.07, 6.45) is 14.1. The number of rotatable bonds is 17. The van der Waals surface area contributed by atoms with Crippen molar-refractivity contribution < 1.29 is 79.2 Å². The number of amides is 14. The Labute approximate surface area is 673 Å². The maximum atomic E-state index is 13.5. The van der Waals surface area contributed by atoms with E-state index in [9.17, 15) is 79.2 Å². The molecule has 2 aromatic heterocycles. The van der Waals surface area contributed by atoms with Crippen LogP contribution in [-0.2, 0) is 58.2 Å². The smallest absolute Gasteiger partial charge is 0.317 e. The number of benzene rings is 4. The lowest BCUT2D eigenvalue weighted by molar-refractivity contribution is -0.137. The molecule has 14 amide bonds. The predicted octanol–water partition coefficient (Wildman–Crippen LogP) is 2.08. The van der Waals surface area contributed by atoms with Crippen LogP contribution in [0.15, 0.2) is 107 Å². The fraction of sp³-hybridized carbons (Fsp3) is 0.438. The van der Waals surface area contributed by atoms with Crippen molar-refractivity contribution in [2.75, 3.05) is 101 Å². The molecule has 8 saturated heterocycles. The quantitative estimate of drug-likeness (QED) is 0.0507. The summed E-state index contributed by atoms with van der Waals surface area (Å²) in [5, 5.41) is 14.1. The molecular weight excluding hydrogens is 1550 g/mol. The van der Waals surface area contributed by atoms with E-state index in [0.29, 0.717) is 74.0 Å². The molecule has 8 fully saturated rings. The van der Waals surface area contributed by atoms with Crippen LogP contribution < -0.4 is 47.9 Å². The Bertz CT molecular complexity index is 5290. The van der Waals surface area contributed by atoms with Gasteiger partial charge in [0.05, 0.1) is 55.8 Å². The summed E-state index contributed by atoms with van der Waals surface area (Å²) in [6.45, 7) is 9.86. The van der Waals surface area contributed by atoms with Crippen LogP contribution in [0.25, 0.3) is 0 Å². The summed E-state index contributed by atoms with van der Waals surface area (Å²) in [4.78, 5) is 190. The molecule has 4 atom stereocenters. The number of aldehydes is 1. The Morgan fingerprint density at radius 1 is 0.521 bits per heavy atom. The van der Waals surface area contributed by atoms with E-state index in [2.05, 4.69) is 46.4 Å². The van der Waals surface area contributed by atoms with Crippen molar-refractivity contribution in [3.05, 3.63) is 165 Å². The second kappa shape index (κ2) is 33.4. The summed E-state index contributed by atoms with van der Waals surface area (Å²) in [5.41, 5.74) is 16.2. The fourth-order valence-electron chi connectivity index (χ4n) is 17.0. The summed E-state index contributed by atoms with van der Waals surface area (Å²) in [5.74, 6) is -4.55. The molecule has 9 N–H and O–H groups in total. The fourth-order valence-corrected chi connectivity index (χ4v) is 18.3. The topological polar surface area (TPSA) is 477 Å². The highest BCUT2D eigenvalue weighted by Gasteiger charge is 2.49. The number of likely N-dealkylation sites (tertiary alicyclic amines) is 3. The Morgan fingerprint density at radius 3 is 1.33 bits per heavy atom. The molecule has 0 bridgehead atoms. The third kappa shape index (κ3) is 17.9. The molecule has 35 nitrogen and oxygen atoms in total. The van der Waals surface area contributed by atoms with E-state index in [1.165, 1.54) is 48.7 Å². The molecule has 16 rings (SSSR count). The zero-order valence-electron chi connectivity index (χ0n) is 64.5. The SMILES string of the molecule is CS(=O)(=O)c1ccc(Cc2nc(N3CCCC(NC(=O)N4CCC5(CC4)CN(Cc4ccc6c(c4)C(=O)N(C4CCC(=O)NC4=O)C6=O)C5)C3)cnc2C(N)=O)cc1.CS(=O)(=O)c1ccc(Cc2nc(N3CCCC(NC(=O)N4CCC5(CC4)CNC5)C3)cnc2C(N)=O)cc1.O=Cc1ccc2c(c1)C(=O)N(C1CCC(=O)NC1=O)C2=O. The number of aromatic nitrogens is 4. The van der Waals surface area contributed by atoms with Crippen LogP contribution in [0.1, 0.15) is 178 Å². The van der Waals surface area contributed by atoms with Gasteiger partial charge in [0.25, 0.3) is 35.4 Å². The predicted molar refractivity (Wildman–Crippen MR) is 420 cm³/mol. The average Bonchev–Trinajstić information content (AvgIpc) is 1.61. The minimum Gasteiger partial charge on any atom is -0.364 e. The number of sulfone groups is 2. The molecule has 117 heavy (non-hydrogen) atoms. The highest BCUT2D eigenvalue weighted by atomic mass is 32.2. The zero-order chi connectivity index (χ0) is 83.0. The molecule has 0 saturated carbocycles. The molecular formula is C80H90N18O17S2. The van der Waals surface area contributed by atoms with E-state index in [-0.39, 0.29) is 117 Å². The number of piperidine rings is 6. The first kappa shape index (κ1) is 81.7. The minimum atomic E-state index is -3.36. The first-order chi connectivity index (χ1) is 55.8. The van der Waals surface area contributed by atoms with Gasteiger partial charge in [0, 0.05) is 141 Å². The maximum absolute atomic E-state index is 13.5. The molecule has 10 aliphatic rings. The van der Waals surface area contributed by atoms with Gasteiger partial charge in [-0.15, -0.1) is 0 Å². The van der Waals surface area contributed by atoms with Crippen molar-refractivity contribution in [3.8, 4) is 0 Å². The molecule has 0 aliphatic carbocycles. The van der Waals surface area contributed by atoms with Gasteiger partial charge in [-0.1, -0.05) is 36.4 Å². The largest absolute Gasteiger partial charge is 0.364 e. The second-order valence-corrected chi connectivity index (χ2v) is 35.9. The Hall–Kier alpha value is -11.8. The van der Waals surface area contributed by atoms with E-state index < -0.39 is 90.8 Å². The monoisotopic (exact) mass is 1640 g/mol. The number of hydrogen-bond donors (Lipinski definition) is 7. The number of fused-ring (bicyclic) bond motifs is 2. The van der Waals surface area contributed by atoms with Gasteiger partial charge in [-0.3, -0.25) is 78.1 Å². The molecule has 4 unspecified atom stereocenters. The van der Waals surface area contributed by atoms with Gasteiger partial charge in [0.2, 0.25) is 23.6 Å².